The summed E-state index contributed by atoms with van der Waals surface area (Å²) in [5.74, 6) is 0.317. The highest BCUT2D eigenvalue weighted by Gasteiger charge is 2.48. The lowest BCUT2D eigenvalue weighted by atomic mass is 10.0. The van der Waals surface area contributed by atoms with Gasteiger partial charge >= 0.3 is 0 Å². The van der Waals surface area contributed by atoms with E-state index in [0.717, 1.165) is 18.5 Å². The normalized spacial score (nSPS) is 30.9. The Morgan fingerprint density at radius 1 is 1.32 bits per heavy atom. The van der Waals surface area contributed by atoms with Crippen LogP contribution in [0.2, 0.25) is 0 Å². The smallest absolute Gasteiger partial charge is 0.251 e. The Kier molecular flexibility index (Phi) is 3.33. The molecule has 1 aromatic heterocycles. The lowest BCUT2D eigenvalue weighted by Gasteiger charge is -2.23. The molecule has 116 valence electrons. The molecule has 3 atom stereocenters. The molecule has 3 aliphatic rings. The highest BCUT2D eigenvalue weighted by Crippen LogP contribution is 2.35. The minimum Gasteiger partial charge on any atom is -0.368 e. The average Bonchev–Trinajstić information content (AvgIpc) is 3.25. The third-order valence-electron chi connectivity index (χ3n) is 4.92. The molecule has 0 saturated carbocycles. The second kappa shape index (κ2) is 5.35. The van der Waals surface area contributed by atoms with Crippen LogP contribution in [0.1, 0.15) is 12.8 Å². The van der Waals surface area contributed by atoms with Gasteiger partial charge in [-0.2, -0.15) is 0 Å². The first kappa shape index (κ1) is 13.7. The van der Waals surface area contributed by atoms with Crippen molar-refractivity contribution in [3.05, 3.63) is 24.5 Å². The molecule has 3 saturated heterocycles. The van der Waals surface area contributed by atoms with Gasteiger partial charge in [0, 0.05) is 38.4 Å². The van der Waals surface area contributed by atoms with Gasteiger partial charge in [0.2, 0.25) is 5.91 Å². The van der Waals surface area contributed by atoms with Gasteiger partial charge in [-0.3, -0.25) is 14.6 Å². The fraction of sp³-hybridized carbons (Fsp3) is 0.562. The van der Waals surface area contributed by atoms with Gasteiger partial charge in [-0.1, -0.05) is 0 Å². The number of ether oxygens (including phenoxy) is 1. The van der Waals surface area contributed by atoms with Gasteiger partial charge in [0.15, 0.2) is 0 Å². The van der Waals surface area contributed by atoms with Gasteiger partial charge in [0.05, 0.1) is 17.8 Å². The van der Waals surface area contributed by atoms with E-state index in [-0.39, 0.29) is 29.8 Å². The number of fused-ring (bicyclic) bond motifs is 1. The van der Waals surface area contributed by atoms with Crippen molar-refractivity contribution < 1.29 is 14.3 Å². The minimum absolute atomic E-state index is 0.0626. The SMILES string of the molecule is O=C([C@H]1CCCO1)N1C[C@H]2CN(c3cccnc3)C(=O)[C@H]2C1. The van der Waals surface area contributed by atoms with Crippen LogP contribution in [0.5, 0.6) is 0 Å². The number of anilines is 1. The van der Waals surface area contributed by atoms with E-state index < -0.39 is 0 Å². The van der Waals surface area contributed by atoms with Crippen molar-refractivity contribution in [2.75, 3.05) is 31.1 Å². The number of aromatic nitrogens is 1. The molecule has 4 rings (SSSR count). The van der Waals surface area contributed by atoms with Crippen molar-refractivity contribution in [2.24, 2.45) is 11.8 Å². The molecule has 6 heteroatoms. The summed E-state index contributed by atoms with van der Waals surface area (Å²) >= 11 is 0. The first-order chi connectivity index (χ1) is 10.7. The maximum atomic E-state index is 12.6. The van der Waals surface area contributed by atoms with E-state index in [4.69, 9.17) is 4.74 Å². The van der Waals surface area contributed by atoms with E-state index in [1.165, 1.54) is 0 Å². The zero-order valence-electron chi connectivity index (χ0n) is 12.4. The molecule has 4 heterocycles. The molecule has 6 nitrogen and oxygen atoms in total. The molecule has 3 fully saturated rings. The van der Waals surface area contributed by atoms with E-state index in [2.05, 4.69) is 4.98 Å². The van der Waals surface area contributed by atoms with Crippen LogP contribution >= 0.6 is 0 Å². The molecule has 3 aliphatic heterocycles. The molecule has 1 aromatic rings. The van der Waals surface area contributed by atoms with Gasteiger partial charge in [-0.15, -0.1) is 0 Å². The number of carbonyl (C=O) groups excluding carboxylic acids is 2. The lowest BCUT2D eigenvalue weighted by molar-refractivity contribution is -0.140. The van der Waals surface area contributed by atoms with Crippen molar-refractivity contribution in [1.82, 2.24) is 9.88 Å². The second-order valence-corrected chi connectivity index (χ2v) is 6.27. The van der Waals surface area contributed by atoms with Crippen LogP contribution in [-0.2, 0) is 14.3 Å². The van der Waals surface area contributed by atoms with Gasteiger partial charge in [0.1, 0.15) is 6.10 Å². The maximum absolute atomic E-state index is 12.6. The molecule has 0 aromatic carbocycles. The molecule has 0 spiro atoms. The zero-order valence-corrected chi connectivity index (χ0v) is 12.4. The van der Waals surface area contributed by atoms with Gasteiger partial charge in [-0.05, 0) is 25.0 Å². The largest absolute Gasteiger partial charge is 0.368 e. The van der Waals surface area contributed by atoms with Crippen LogP contribution in [0, 0.1) is 11.8 Å². The number of carbonyl (C=O) groups is 2. The average molecular weight is 301 g/mol. The topological polar surface area (TPSA) is 62.7 Å². The van der Waals surface area contributed by atoms with Crippen LogP contribution in [0.4, 0.5) is 5.69 Å². The third-order valence-corrected chi connectivity index (χ3v) is 4.92. The summed E-state index contributed by atoms with van der Waals surface area (Å²) in [5, 5.41) is 0. The van der Waals surface area contributed by atoms with E-state index in [1.54, 1.807) is 17.3 Å². The Hall–Kier alpha value is -1.95. The van der Waals surface area contributed by atoms with E-state index in [1.807, 2.05) is 17.0 Å². The first-order valence-electron chi connectivity index (χ1n) is 7.86. The second-order valence-electron chi connectivity index (χ2n) is 6.27. The lowest BCUT2D eigenvalue weighted by Crippen LogP contribution is -2.40. The van der Waals surface area contributed by atoms with E-state index in [9.17, 15) is 9.59 Å². The highest BCUT2D eigenvalue weighted by molar-refractivity contribution is 5.98. The number of amides is 2. The van der Waals surface area contributed by atoms with Crippen LogP contribution in [-0.4, -0.2) is 54.0 Å². The van der Waals surface area contributed by atoms with Crippen molar-refractivity contribution >= 4 is 17.5 Å². The molecular weight excluding hydrogens is 282 g/mol. The van der Waals surface area contributed by atoms with Crippen LogP contribution in [0.3, 0.4) is 0 Å². The number of hydrogen-bond donors (Lipinski definition) is 0. The summed E-state index contributed by atoms with van der Waals surface area (Å²) in [5.41, 5.74) is 0.846. The van der Waals surface area contributed by atoms with Gasteiger partial charge < -0.3 is 14.5 Å². The summed E-state index contributed by atoms with van der Waals surface area (Å²) < 4.78 is 5.47. The Morgan fingerprint density at radius 3 is 2.91 bits per heavy atom. The fourth-order valence-electron chi connectivity index (χ4n) is 3.76. The Bertz CT molecular complexity index is 586. The molecule has 0 N–H and O–H groups in total. The van der Waals surface area contributed by atoms with Crippen LogP contribution < -0.4 is 4.90 Å². The number of nitrogens with zero attached hydrogens (tertiary/aromatic N) is 3. The Balaban J connectivity index is 1.45. The van der Waals surface area contributed by atoms with Gasteiger partial charge in [-0.25, -0.2) is 0 Å². The minimum atomic E-state index is -0.289. The Labute approximate surface area is 129 Å². The summed E-state index contributed by atoms with van der Waals surface area (Å²) in [6.45, 7) is 2.53. The number of pyridine rings is 1. The molecule has 22 heavy (non-hydrogen) atoms. The van der Waals surface area contributed by atoms with Crippen molar-refractivity contribution in [3.8, 4) is 0 Å². The van der Waals surface area contributed by atoms with Crippen molar-refractivity contribution in [3.63, 3.8) is 0 Å². The quantitative estimate of drug-likeness (QED) is 0.806. The monoisotopic (exact) mass is 301 g/mol. The predicted octanol–water partition coefficient (Wildman–Crippen LogP) is 0.682. The van der Waals surface area contributed by atoms with Crippen molar-refractivity contribution in [1.29, 1.82) is 0 Å². The standard InChI is InChI=1S/C16H19N3O3/c20-15-13-10-18(16(21)14-4-2-6-22-14)8-11(13)9-19(15)12-3-1-5-17-7-12/h1,3,5,7,11,13-14H,2,4,6,8-10H2/t11-,13-,14+/m0/s1. The van der Waals surface area contributed by atoms with Gasteiger partial charge in [0.25, 0.3) is 5.91 Å². The third kappa shape index (κ3) is 2.18. The highest BCUT2D eigenvalue weighted by atomic mass is 16.5. The van der Waals surface area contributed by atoms with Crippen molar-refractivity contribution in [2.45, 2.75) is 18.9 Å². The van der Waals surface area contributed by atoms with E-state index in [0.29, 0.717) is 26.2 Å². The summed E-state index contributed by atoms with van der Waals surface area (Å²) in [6.07, 6.45) is 4.88. The summed E-state index contributed by atoms with van der Waals surface area (Å²) in [4.78, 5) is 32.7. The summed E-state index contributed by atoms with van der Waals surface area (Å²) in [7, 11) is 0. The summed E-state index contributed by atoms with van der Waals surface area (Å²) in [6, 6.07) is 3.74. The molecular formula is C16H19N3O3. The zero-order chi connectivity index (χ0) is 15.1. The number of hydrogen-bond acceptors (Lipinski definition) is 4. The molecule has 0 aliphatic carbocycles. The number of likely N-dealkylation sites (tertiary alicyclic amines) is 1. The fourth-order valence-corrected chi connectivity index (χ4v) is 3.76. The molecule has 0 radical (unpaired) electrons. The van der Waals surface area contributed by atoms with Crippen LogP contribution in [0.15, 0.2) is 24.5 Å². The van der Waals surface area contributed by atoms with Crippen LogP contribution in [0.25, 0.3) is 0 Å². The molecule has 2 amide bonds. The maximum Gasteiger partial charge on any atom is 0.251 e. The number of rotatable bonds is 2. The molecule has 0 unspecified atom stereocenters. The predicted molar refractivity (Wildman–Crippen MR) is 79.1 cm³/mol. The van der Waals surface area contributed by atoms with E-state index >= 15 is 0 Å². The molecule has 0 bridgehead atoms. The first-order valence-corrected chi connectivity index (χ1v) is 7.86. The Morgan fingerprint density at radius 2 is 2.23 bits per heavy atom.